The molecule has 2 aromatic carbocycles. The molecule has 0 aromatic heterocycles. The molecule has 0 bridgehead atoms. The average molecular weight is 537 g/mol. The van der Waals surface area contributed by atoms with Gasteiger partial charge in [0.15, 0.2) is 0 Å². The molecule has 3 rings (SSSR count). The van der Waals surface area contributed by atoms with Crippen LogP contribution in [0.15, 0.2) is 48.5 Å². The lowest BCUT2D eigenvalue weighted by atomic mass is 9.87. The van der Waals surface area contributed by atoms with Crippen LogP contribution < -0.4 is 16.2 Å². The van der Waals surface area contributed by atoms with Crippen LogP contribution in [0.1, 0.15) is 88.7 Å². The summed E-state index contributed by atoms with van der Waals surface area (Å²) in [6, 6.07) is 12.4. The largest absolute Gasteiger partial charge is 0.462 e. The van der Waals surface area contributed by atoms with Crippen LogP contribution >= 0.6 is 0 Å². The van der Waals surface area contributed by atoms with Crippen molar-refractivity contribution in [3.63, 3.8) is 0 Å². The Bertz CT molecular complexity index is 1050. The fourth-order valence-electron chi connectivity index (χ4n) is 4.77. The Morgan fingerprint density at radius 1 is 0.949 bits per heavy atom. The van der Waals surface area contributed by atoms with Crippen LogP contribution in [0, 0.1) is 5.92 Å². The third kappa shape index (κ3) is 10.8. The van der Waals surface area contributed by atoms with E-state index in [2.05, 4.69) is 6.92 Å². The third-order valence-corrected chi connectivity index (χ3v) is 7.16. The van der Waals surface area contributed by atoms with Gasteiger partial charge in [0.2, 0.25) is 0 Å². The van der Waals surface area contributed by atoms with Gasteiger partial charge in [-0.05, 0) is 79.6 Å². The van der Waals surface area contributed by atoms with E-state index >= 15 is 0 Å². The Kier molecular flexibility index (Phi) is 12.4. The molecule has 0 heterocycles. The van der Waals surface area contributed by atoms with Crippen LogP contribution in [0.5, 0.6) is 5.75 Å². The number of unbranched alkanes of at least 4 members (excludes halogenated alkanes) is 4. The maximum absolute atomic E-state index is 12.6. The van der Waals surface area contributed by atoms with Crippen molar-refractivity contribution < 1.29 is 23.8 Å². The quantitative estimate of drug-likeness (QED) is 0.0912. The van der Waals surface area contributed by atoms with Crippen molar-refractivity contribution in [2.45, 2.75) is 83.7 Å². The number of carbonyl (C=O) groups is 2. The molecule has 0 aliphatic heterocycles. The molecule has 1 unspecified atom stereocenters. The Balaban J connectivity index is 1.35. The first-order valence-electron chi connectivity index (χ1n) is 14.3. The third-order valence-electron chi connectivity index (χ3n) is 7.16. The minimum absolute atomic E-state index is 0.0370. The number of nitrogens with two attached hydrogens (primary N) is 2. The minimum atomic E-state index is -0.440. The van der Waals surface area contributed by atoms with Crippen molar-refractivity contribution in [2.75, 3.05) is 24.7 Å². The first-order valence-corrected chi connectivity index (χ1v) is 14.3. The SMILES string of the molecule is CCCCCCCOC1CCC(C(=O)Oc2ccc(/C=C/C(=O)OCC(C)c3cc(N)cc(N)c3)cc2)CC1. The fraction of sp³-hybridized carbons (Fsp3) is 0.500. The number of benzene rings is 2. The maximum atomic E-state index is 12.6. The van der Waals surface area contributed by atoms with E-state index in [9.17, 15) is 9.59 Å². The van der Waals surface area contributed by atoms with Crippen LogP contribution in [0.4, 0.5) is 11.4 Å². The van der Waals surface area contributed by atoms with Gasteiger partial charge in [-0.2, -0.15) is 0 Å². The Labute approximate surface area is 232 Å². The molecule has 2 aromatic rings. The number of esters is 2. The first kappa shape index (κ1) is 30.2. The number of hydrogen-bond donors (Lipinski definition) is 2. The van der Waals surface area contributed by atoms with Gasteiger partial charge in [0, 0.05) is 30.0 Å². The highest BCUT2D eigenvalue weighted by molar-refractivity contribution is 5.87. The molecule has 7 nitrogen and oxygen atoms in total. The summed E-state index contributed by atoms with van der Waals surface area (Å²) in [5, 5.41) is 0. The van der Waals surface area contributed by atoms with E-state index in [0.717, 1.165) is 49.8 Å². The summed E-state index contributed by atoms with van der Waals surface area (Å²) in [5.41, 5.74) is 14.6. The van der Waals surface area contributed by atoms with Gasteiger partial charge in [-0.15, -0.1) is 0 Å². The van der Waals surface area contributed by atoms with Gasteiger partial charge in [-0.3, -0.25) is 4.79 Å². The van der Waals surface area contributed by atoms with Crippen molar-refractivity contribution in [3.05, 3.63) is 59.7 Å². The van der Waals surface area contributed by atoms with E-state index in [-0.39, 0.29) is 30.5 Å². The second kappa shape index (κ2) is 15.9. The minimum Gasteiger partial charge on any atom is -0.462 e. The molecule has 1 saturated carbocycles. The van der Waals surface area contributed by atoms with Crippen LogP contribution in [0.3, 0.4) is 0 Å². The standard InChI is InChI=1S/C32H44N2O5/c1-3-4-5-6-7-18-37-29-15-11-25(12-16-29)32(36)39-30-13-8-24(9-14-30)10-17-31(35)38-22-23(2)26-19-27(33)21-28(34)20-26/h8-10,13-14,17,19-21,23,25,29H,3-7,11-12,15-16,18,22,33-34H2,1-2H3/b17-10+. The van der Waals surface area contributed by atoms with E-state index in [0.29, 0.717) is 17.1 Å². The number of anilines is 2. The molecule has 1 aliphatic carbocycles. The Morgan fingerprint density at radius 2 is 1.62 bits per heavy atom. The van der Waals surface area contributed by atoms with Crippen LogP contribution in [0.25, 0.3) is 6.08 Å². The smallest absolute Gasteiger partial charge is 0.330 e. The van der Waals surface area contributed by atoms with Crippen LogP contribution in [0.2, 0.25) is 0 Å². The van der Waals surface area contributed by atoms with Gasteiger partial charge < -0.3 is 25.7 Å². The molecule has 7 heteroatoms. The molecular weight excluding hydrogens is 492 g/mol. The summed E-state index contributed by atoms with van der Waals surface area (Å²) in [6.07, 6.45) is 12.9. The van der Waals surface area contributed by atoms with Gasteiger partial charge in [0.05, 0.1) is 18.6 Å². The molecule has 212 valence electrons. The lowest BCUT2D eigenvalue weighted by Crippen LogP contribution is -2.29. The zero-order valence-electron chi connectivity index (χ0n) is 23.4. The summed E-state index contributed by atoms with van der Waals surface area (Å²) in [7, 11) is 0. The molecule has 4 N–H and O–H groups in total. The summed E-state index contributed by atoms with van der Waals surface area (Å²) < 4.78 is 17.0. The molecule has 0 spiro atoms. The van der Waals surface area contributed by atoms with Crippen LogP contribution in [-0.4, -0.2) is 31.3 Å². The van der Waals surface area contributed by atoms with E-state index in [1.165, 1.54) is 31.8 Å². The molecular formula is C32H44N2O5. The highest BCUT2D eigenvalue weighted by Gasteiger charge is 2.28. The summed E-state index contributed by atoms with van der Waals surface area (Å²) in [5.74, 6) is -0.249. The molecule has 0 radical (unpaired) electrons. The van der Waals surface area contributed by atoms with Gasteiger partial charge in [0.25, 0.3) is 0 Å². The number of rotatable bonds is 14. The lowest BCUT2D eigenvalue weighted by Gasteiger charge is -2.27. The monoisotopic (exact) mass is 536 g/mol. The van der Waals surface area contributed by atoms with E-state index < -0.39 is 5.97 Å². The highest BCUT2D eigenvalue weighted by atomic mass is 16.5. The molecule has 1 aliphatic rings. The molecule has 1 atom stereocenters. The first-order chi connectivity index (χ1) is 18.8. The lowest BCUT2D eigenvalue weighted by molar-refractivity contribution is -0.141. The topological polar surface area (TPSA) is 114 Å². The van der Waals surface area contributed by atoms with Crippen LogP contribution in [-0.2, 0) is 19.1 Å². The Hall–Kier alpha value is -3.32. The second-order valence-electron chi connectivity index (χ2n) is 10.5. The molecule has 0 saturated heterocycles. The number of hydrogen-bond acceptors (Lipinski definition) is 7. The maximum Gasteiger partial charge on any atom is 0.330 e. The number of carbonyl (C=O) groups excluding carboxylic acids is 2. The average Bonchev–Trinajstić information content (AvgIpc) is 2.93. The molecule has 39 heavy (non-hydrogen) atoms. The molecule has 1 fully saturated rings. The number of ether oxygens (including phenoxy) is 3. The van der Waals surface area contributed by atoms with Crippen molar-refractivity contribution in [3.8, 4) is 5.75 Å². The van der Waals surface area contributed by atoms with Gasteiger partial charge in [0.1, 0.15) is 5.75 Å². The highest BCUT2D eigenvalue weighted by Crippen LogP contribution is 2.28. The zero-order valence-corrected chi connectivity index (χ0v) is 23.4. The van der Waals surface area contributed by atoms with Gasteiger partial charge in [-0.1, -0.05) is 51.7 Å². The predicted molar refractivity (Wildman–Crippen MR) is 156 cm³/mol. The Morgan fingerprint density at radius 3 is 2.28 bits per heavy atom. The van der Waals surface area contributed by atoms with Gasteiger partial charge >= 0.3 is 11.9 Å². The van der Waals surface area contributed by atoms with Crippen molar-refractivity contribution in [1.82, 2.24) is 0 Å². The van der Waals surface area contributed by atoms with Crippen molar-refractivity contribution in [2.24, 2.45) is 5.92 Å². The van der Waals surface area contributed by atoms with Gasteiger partial charge in [-0.25, -0.2) is 4.79 Å². The molecule has 0 amide bonds. The summed E-state index contributed by atoms with van der Waals surface area (Å²) in [4.78, 5) is 24.8. The zero-order chi connectivity index (χ0) is 28.0. The van der Waals surface area contributed by atoms with E-state index in [1.807, 2.05) is 19.1 Å². The number of nitrogen functional groups attached to an aromatic ring is 2. The normalized spacial score (nSPS) is 18.1. The second-order valence-corrected chi connectivity index (χ2v) is 10.5. The summed E-state index contributed by atoms with van der Waals surface area (Å²) >= 11 is 0. The fourth-order valence-corrected chi connectivity index (χ4v) is 4.77. The van der Waals surface area contributed by atoms with E-state index in [4.69, 9.17) is 25.7 Å². The predicted octanol–water partition coefficient (Wildman–Crippen LogP) is 6.66. The van der Waals surface area contributed by atoms with Crippen molar-refractivity contribution >= 4 is 29.4 Å². The summed E-state index contributed by atoms with van der Waals surface area (Å²) in [6.45, 7) is 5.20. The van der Waals surface area contributed by atoms with Crippen molar-refractivity contribution in [1.29, 1.82) is 0 Å². The van der Waals surface area contributed by atoms with E-state index in [1.54, 1.807) is 36.4 Å².